The summed E-state index contributed by atoms with van der Waals surface area (Å²) in [6, 6.07) is 5.25. The van der Waals surface area contributed by atoms with Crippen LogP contribution in [0.2, 0.25) is 0 Å². The molecule has 0 saturated carbocycles. The Morgan fingerprint density at radius 1 is 1.35 bits per heavy atom. The highest BCUT2D eigenvalue weighted by Crippen LogP contribution is 2.16. The standard InChI is InChI=1S/C13H20BrFN2/c1-3-16-7-8-17(4-2)10-11-5-6-12(14)9-13(11)15/h5-6,9,16H,3-4,7-8,10H2,1-2H3. The van der Waals surface area contributed by atoms with Crippen molar-refractivity contribution >= 4 is 15.9 Å². The lowest BCUT2D eigenvalue weighted by molar-refractivity contribution is 0.276. The van der Waals surface area contributed by atoms with Gasteiger partial charge in [-0.1, -0.05) is 35.8 Å². The van der Waals surface area contributed by atoms with Crippen molar-refractivity contribution in [2.45, 2.75) is 20.4 Å². The van der Waals surface area contributed by atoms with E-state index in [1.807, 2.05) is 12.1 Å². The van der Waals surface area contributed by atoms with Crippen LogP contribution in [0.4, 0.5) is 4.39 Å². The molecule has 0 heterocycles. The van der Waals surface area contributed by atoms with Crippen molar-refractivity contribution in [3.63, 3.8) is 0 Å². The van der Waals surface area contributed by atoms with Gasteiger partial charge in [0.25, 0.3) is 0 Å². The number of nitrogens with one attached hydrogen (secondary N) is 1. The smallest absolute Gasteiger partial charge is 0.128 e. The number of halogens is 2. The van der Waals surface area contributed by atoms with Crippen LogP contribution in [0.5, 0.6) is 0 Å². The Morgan fingerprint density at radius 2 is 2.12 bits per heavy atom. The zero-order chi connectivity index (χ0) is 12.7. The molecule has 0 atom stereocenters. The van der Waals surface area contributed by atoms with Gasteiger partial charge in [0.15, 0.2) is 0 Å². The lowest BCUT2D eigenvalue weighted by Gasteiger charge is -2.20. The molecule has 0 bridgehead atoms. The van der Waals surface area contributed by atoms with Gasteiger partial charge in [0.1, 0.15) is 5.82 Å². The fourth-order valence-corrected chi connectivity index (χ4v) is 1.99. The molecule has 17 heavy (non-hydrogen) atoms. The highest BCUT2D eigenvalue weighted by Gasteiger charge is 2.07. The highest BCUT2D eigenvalue weighted by atomic mass is 79.9. The molecule has 0 aromatic heterocycles. The molecule has 0 aliphatic rings. The Bertz CT molecular complexity index is 344. The van der Waals surface area contributed by atoms with E-state index in [1.165, 1.54) is 6.07 Å². The Kier molecular flexibility index (Phi) is 6.70. The SMILES string of the molecule is CCNCCN(CC)Cc1ccc(Br)cc1F. The minimum Gasteiger partial charge on any atom is -0.316 e. The first kappa shape index (κ1) is 14.6. The van der Waals surface area contributed by atoms with Gasteiger partial charge >= 0.3 is 0 Å². The molecule has 0 radical (unpaired) electrons. The van der Waals surface area contributed by atoms with Crippen LogP contribution in [0, 0.1) is 5.82 Å². The van der Waals surface area contributed by atoms with Crippen molar-refractivity contribution in [2.75, 3.05) is 26.2 Å². The summed E-state index contributed by atoms with van der Waals surface area (Å²) in [4.78, 5) is 2.23. The predicted molar refractivity (Wildman–Crippen MR) is 73.6 cm³/mol. The van der Waals surface area contributed by atoms with Crippen molar-refractivity contribution in [3.05, 3.63) is 34.1 Å². The van der Waals surface area contributed by atoms with Crippen LogP contribution in [0.1, 0.15) is 19.4 Å². The van der Waals surface area contributed by atoms with Crippen LogP contribution in [-0.2, 0) is 6.54 Å². The van der Waals surface area contributed by atoms with Gasteiger partial charge in [-0.25, -0.2) is 4.39 Å². The third-order valence-electron chi connectivity index (χ3n) is 2.71. The Hall–Kier alpha value is -0.450. The zero-order valence-corrected chi connectivity index (χ0v) is 12.1. The van der Waals surface area contributed by atoms with E-state index in [1.54, 1.807) is 0 Å². The largest absolute Gasteiger partial charge is 0.316 e. The molecule has 0 unspecified atom stereocenters. The van der Waals surface area contributed by atoms with E-state index in [9.17, 15) is 4.39 Å². The topological polar surface area (TPSA) is 15.3 Å². The van der Waals surface area contributed by atoms with Gasteiger partial charge in [-0.3, -0.25) is 4.90 Å². The number of rotatable bonds is 7. The molecule has 0 aliphatic heterocycles. The Labute approximate surface area is 111 Å². The summed E-state index contributed by atoms with van der Waals surface area (Å²) in [7, 11) is 0. The molecule has 4 heteroatoms. The molecule has 1 aromatic rings. The van der Waals surface area contributed by atoms with Crippen molar-refractivity contribution in [2.24, 2.45) is 0 Å². The highest BCUT2D eigenvalue weighted by molar-refractivity contribution is 9.10. The number of benzene rings is 1. The summed E-state index contributed by atoms with van der Waals surface area (Å²) in [5, 5.41) is 3.28. The van der Waals surface area contributed by atoms with Crippen molar-refractivity contribution in [1.82, 2.24) is 10.2 Å². The fraction of sp³-hybridized carbons (Fsp3) is 0.538. The van der Waals surface area contributed by atoms with E-state index in [0.717, 1.165) is 36.2 Å². The minimum atomic E-state index is -0.138. The van der Waals surface area contributed by atoms with E-state index in [4.69, 9.17) is 0 Å². The third-order valence-corrected chi connectivity index (χ3v) is 3.20. The molecule has 1 N–H and O–H groups in total. The number of hydrogen-bond donors (Lipinski definition) is 1. The lowest BCUT2D eigenvalue weighted by Crippen LogP contribution is -2.31. The van der Waals surface area contributed by atoms with Crippen molar-refractivity contribution in [1.29, 1.82) is 0 Å². The van der Waals surface area contributed by atoms with E-state index in [-0.39, 0.29) is 5.82 Å². The summed E-state index contributed by atoms with van der Waals surface area (Å²) in [5.74, 6) is -0.138. The normalized spacial score (nSPS) is 11.1. The average molecular weight is 303 g/mol. The summed E-state index contributed by atoms with van der Waals surface area (Å²) < 4.78 is 14.4. The van der Waals surface area contributed by atoms with Gasteiger partial charge in [0, 0.05) is 29.7 Å². The van der Waals surface area contributed by atoms with Crippen LogP contribution in [0.15, 0.2) is 22.7 Å². The zero-order valence-electron chi connectivity index (χ0n) is 10.5. The predicted octanol–water partition coefficient (Wildman–Crippen LogP) is 3.02. The lowest BCUT2D eigenvalue weighted by atomic mass is 10.2. The van der Waals surface area contributed by atoms with Crippen LogP contribution in [0.25, 0.3) is 0 Å². The van der Waals surface area contributed by atoms with Gasteiger partial charge in [0.2, 0.25) is 0 Å². The third kappa shape index (κ3) is 5.15. The van der Waals surface area contributed by atoms with Crippen LogP contribution in [0.3, 0.4) is 0 Å². The van der Waals surface area contributed by atoms with E-state index >= 15 is 0 Å². The summed E-state index contributed by atoms with van der Waals surface area (Å²) in [6.07, 6.45) is 0. The van der Waals surface area contributed by atoms with Gasteiger partial charge in [-0.15, -0.1) is 0 Å². The van der Waals surface area contributed by atoms with Crippen LogP contribution >= 0.6 is 15.9 Å². The van der Waals surface area contributed by atoms with E-state index in [2.05, 4.69) is 40.0 Å². The summed E-state index contributed by atoms with van der Waals surface area (Å²) in [6.45, 7) is 8.65. The first-order valence-electron chi connectivity index (χ1n) is 6.04. The van der Waals surface area contributed by atoms with Gasteiger partial charge in [0.05, 0.1) is 0 Å². The monoisotopic (exact) mass is 302 g/mol. The molecule has 0 amide bonds. The molecule has 1 aromatic carbocycles. The Balaban J connectivity index is 2.54. The molecule has 0 saturated heterocycles. The molecule has 1 rings (SSSR count). The summed E-state index contributed by atoms with van der Waals surface area (Å²) in [5.41, 5.74) is 0.756. The van der Waals surface area contributed by atoms with E-state index in [0.29, 0.717) is 6.54 Å². The van der Waals surface area contributed by atoms with Crippen LogP contribution < -0.4 is 5.32 Å². The van der Waals surface area contributed by atoms with Crippen molar-refractivity contribution < 1.29 is 4.39 Å². The van der Waals surface area contributed by atoms with Crippen LogP contribution in [-0.4, -0.2) is 31.1 Å². The maximum atomic E-state index is 13.7. The second-order valence-corrected chi connectivity index (χ2v) is 4.87. The van der Waals surface area contributed by atoms with Gasteiger partial charge in [-0.05, 0) is 25.2 Å². The number of nitrogens with zero attached hydrogens (tertiary/aromatic N) is 1. The molecule has 2 nitrogen and oxygen atoms in total. The van der Waals surface area contributed by atoms with Gasteiger partial charge in [-0.2, -0.15) is 0 Å². The maximum Gasteiger partial charge on any atom is 0.128 e. The average Bonchev–Trinajstić information content (AvgIpc) is 2.31. The number of likely N-dealkylation sites (N-methyl/N-ethyl adjacent to an activating group) is 2. The molecule has 0 aliphatic carbocycles. The van der Waals surface area contributed by atoms with Crippen molar-refractivity contribution in [3.8, 4) is 0 Å². The number of hydrogen-bond acceptors (Lipinski definition) is 2. The first-order chi connectivity index (χ1) is 8.17. The van der Waals surface area contributed by atoms with E-state index < -0.39 is 0 Å². The molecule has 96 valence electrons. The quantitative estimate of drug-likeness (QED) is 0.779. The summed E-state index contributed by atoms with van der Waals surface area (Å²) >= 11 is 3.27. The fourth-order valence-electron chi connectivity index (χ4n) is 1.65. The van der Waals surface area contributed by atoms with Gasteiger partial charge < -0.3 is 5.32 Å². The maximum absolute atomic E-state index is 13.7. The molecule has 0 fully saturated rings. The molecular formula is C13H20BrFN2. The minimum absolute atomic E-state index is 0.138. The first-order valence-corrected chi connectivity index (χ1v) is 6.83. The molecular weight excluding hydrogens is 283 g/mol. The second-order valence-electron chi connectivity index (χ2n) is 3.96. The Morgan fingerprint density at radius 3 is 2.71 bits per heavy atom. The molecule has 0 spiro atoms. The second kappa shape index (κ2) is 7.80.